The van der Waals surface area contributed by atoms with Gasteiger partial charge in [-0.2, -0.15) is 0 Å². The van der Waals surface area contributed by atoms with E-state index in [-0.39, 0.29) is 11.4 Å². The zero-order chi connectivity index (χ0) is 11.5. The van der Waals surface area contributed by atoms with Crippen LogP contribution >= 0.6 is 0 Å². The predicted molar refractivity (Wildman–Crippen MR) is 56.1 cm³/mol. The van der Waals surface area contributed by atoms with Crippen LogP contribution < -0.4 is 0 Å². The minimum Gasteiger partial charge on any atom is -0.344 e. The van der Waals surface area contributed by atoms with Crippen LogP contribution in [0.3, 0.4) is 0 Å². The van der Waals surface area contributed by atoms with E-state index >= 15 is 0 Å². The molecule has 2 rings (SSSR count). The molecule has 0 amide bonds. The first-order chi connectivity index (χ1) is 7.72. The van der Waals surface area contributed by atoms with Crippen molar-refractivity contribution in [2.45, 2.75) is 0 Å². The Balaban J connectivity index is 2.54. The number of benzene rings is 1. The summed E-state index contributed by atoms with van der Waals surface area (Å²) in [5, 5.41) is 10.8. The standard InChI is InChI=1S/C10H7N3O3/c14-6-7-5-11-10(12-7)8-3-1-2-4-9(8)13(15)16/h1-6H,(H,11,12). The quantitative estimate of drug-likeness (QED) is 0.482. The zero-order valence-electron chi connectivity index (χ0n) is 8.08. The van der Waals surface area contributed by atoms with Gasteiger partial charge in [-0.1, -0.05) is 12.1 Å². The van der Waals surface area contributed by atoms with E-state index in [4.69, 9.17) is 0 Å². The van der Waals surface area contributed by atoms with E-state index in [1.165, 1.54) is 12.3 Å². The van der Waals surface area contributed by atoms with Gasteiger partial charge in [0.05, 0.1) is 10.5 Å². The number of imidazole rings is 1. The lowest BCUT2D eigenvalue weighted by Crippen LogP contribution is -1.92. The number of aromatic amines is 1. The highest BCUT2D eigenvalue weighted by molar-refractivity contribution is 5.75. The fraction of sp³-hybridized carbons (Fsp3) is 0. The number of H-pyrrole nitrogens is 1. The molecule has 0 saturated heterocycles. The highest BCUT2D eigenvalue weighted by atomic mass is 16.6. The van der Waals surface area contributed by atoms with E-state index < -0.39 is 4.92 Å². The van der Waals surface area contributed by atoms with E-state index in [1.807, 2.05) is 0 Å². The molecule has 0 fully saturated rings. The molecular formula is C10H7N3O3. The SMILES string of the molecule is O=Cc1c[nH]c(-c2ccccc2[N+](=O)[O-])n1. The first-order valence-corrected chi connectivity index (χ1v) is 4.47. The maximum Gasteiger partial charge on any atom is 0.280 e. The van der Waals surface area contributed by atoms with Gasteiger partial charge in [0, 0.05) is 12.3 Å². The number of carbonyl (C=O) groups excluding carboxylic acids is 1. The van der Waals surface area contributed by atoms with Crippen molar-refractivity contribution in [3.8, 4) is 11.4 Å². The van der Waals surface area contributed by atoms with Crippen molar-refractivity contribution in [1.82, 2.24) is 9.97 Å². The molecule has 6 nitrogen and oxygen atoms in total. The van der Waals surface area contributed by atoms with Crippen molar-refractivity contribution in [2.75, 3.05) is 0 Å². The molecule has 1 N–H and O–H groups in total. The topological polar surface area (TPSA) is 88.9 Å². The first kappa shape index (κ1) is 10.0. The predicted octanol–water partition coefficient (Wildman–Crippen LogP) is 1.80. The van der Waals surface area contributed by atoms with Crippen molar-refractivity contribution >= 4 is 12.0 Å². The van der Waals surface area contributed by atoms with Gasteiger partial charge in [-0.3, -0.25) is 14.9 Å². The molecule has 0 unspecified atom stereocenters. The molecule has 0 bridgehead atoms. The van der Waals surface area contributed by atoms with Crippen LogP contribution in [0.1, 0.15) is 10.5 Å². The number of hydrogen-bond acceptors (Lipinski definition) is 4. The Bertz CT molecular complexity index is 548. The monoisotopic (exact) mass is 217 g/mol. The zero-order valence-corrected chi connectivity index (χ0v) is 8.08. The molecule has 0 spiro atoms. The highest BCUT2D eigenvalue weighted by Gasteiger charge is 2.16. The van der Waals surface area contributed by atoms with Crippen LogP contribution in [0.5, 0.6) is 0 Å². The minimum absolute atomic E-state index is 0.0469. The van der Waals surface area contributed by atoms with Crippen LogP contribution in [-0.4, -0.2) is 21.2 Å². The molecule has 0 aliphatic carbocycles. The number of carbonyl (C=O) groups is 1. The summed E-state index contributed by atoms with van der Waals surface area (Å²) in [6.45, 7) is 0. The summed E-state index contributed by atoms with van der Waals surface area (Å²) in [6.07, 6.45) is 1.98. The molecule has 0 saturated carbocycles. The van der Waals surface area contributed by atoms with Gasteiger partial charge in [0.15, 0.2) is 6.29 Å². The third-order valence-corrected chi connectivity index (χ3v) is 2.07. The van der Waals surface area contributed by atoms with Crippen LogP contribution in [0, 0.1) is 10.1 Å². The Morgan fingerprint density at radius 3 is 2.75 bits per heavy atom. The summed E-state index contributed by atoms with van der Waals surface area (Å²) >= 11 is 0. The van der Waals surface area contributed by atoms with Crippen molar-refractivity contribution in [2.24, 2.45) is 0 Å². The molecule has 0 aliphatic heterocycles. The Hall–Kier alpha value is -2.50. The number of hydrogen-bond donors (Lipinski definition) is 1. The van der Waals surface area contributed by atoms with Crippen LogP contribution in [0.15, 0.2) is 30.5 Å². The highest BCUT2D eigenvalue weighted by Crippen LogP contribution is 2.26. The summed E-state index contributed by atoms with van der Waals surface area (Å²) in [4.78, 5) is 27.4. The second kappa shape index (κ2) is 3.93. The number of nitrogens with one attached hydrogen (secondary N) is 1. The van der Waals surface area contributed by atoms with Gasteiger partial charge in [0.1, 0.15) is 11.5 Å². The average molecular weight is 217 g/mol. The number of aromatic nitrogens is 2. The maximum atomic E-state index is 10.8. The van der Waals surface area contributed by atoms with E-state index in [2.05, 4.69) is 9.97 Å². The molecule has 1 aromatic carbocycles. The third-order valence-electron chi connectivity index (χ3n) is 2.07. The van der Waals surface area contributed by atoms with Gasteiger partial charge < -0.3 is 4.98 Å². The van der Waals surface area contributed by atoms with Crippen molar-refractivity contribution in [3.05, 3.63) is 46.3 Å². The lowest BCUT2D eigenvalue weighted by molar-refractivity contribution is -0.384. The average Bonchev–Trinajstić information content (AvgIpc) is 2.77. The molecular weight excluding hydrogens is 210 g/mol. The number of nitrogens with zero attached hydrogens (tertiary/aromatic N) is 2. The Labute approximate surface area is 90.1 Å². The summed E-state index contributed by atoms with van der Waals surface area (Å²) in [7, 11) is 0. The van der Waals surface area contributed by atoms with Gasteiger partial charge in [0.25, 0.3) is 5.69 Å². The van der Waals surface area contributed by atoms with E-state index in [9.17, 15) is 14.9 Å². The second-order valence-electron chi connectivity index (χ2n) is 3.07. The number of nitro groups is 1. The van der Waals surface area contributed by atoms with Crippen molar-refractivity contribution < 1.29 is 9.72 Å². The summed E-state index contributed by atoms with van der Waals surface area (Å²) in [5.74, 6) is 0.314. The number of aldehydes is 1. The maximum absolute atomic E-state index is 10.8. The van der Waals surface area contributed by atoms with Crippen LogP contribution in [0.4, 0.5) is 5.69 Å². The molecule has 1 aromatic heterocycles. The molecule has 0 aliphatic rings. The van der Waals surface area contributed by atoms with Crippen molar-refractivity contribution in [1.29, 1.82) is 0 Å². The van der Waals surface area contributed by atoms with E-state index in [0.29, 0.717) is 17.7 Å². The molecule has 1 heterocycles. The van der Waals surface area contributed by atoms with Crippen LogP contribution in [0.2, 0.25) is 0 Å². The smallest absolute Gasteiger partial charge is 0.280 e. The molecule has 6 heteroatoms. The van der Waals surface area contributed by atoms with Gasteiger partial charge in [0.2, 0.25) is 0 Å². The summed E-state index contributed by atoms with van der Waals surface area (Å²) in [5.41, 5.74) is 0.531. The Morgan fingerprint density at radius 2 is 2.12 bits per heavy atom. The third kappa shape index (κ3) is 1.68. The van der Waals surface area contributed by atoms with Gasteiger partial charge in [-0.05, 0) is 6.07 Å². The molecule has 0 atom stereocenters. The first-order valence-electron chi connectivity index (χ1n) is 4.47. The van der Waals surface area contributed by atoms with Gasteiger partial charge >= 0.3 is 0 Å². The van der Waals surface area contributed by atoms with Gasteiger partial charge in [-0.25, -0.2) is 4.98 Å². The summed E-state index contributed by atoms with van der Waals surface area (Å²) < 4.78 is 0. The van der Waals surface area contributed by atoms with Crippen LogP contribution in [0.25, 0.3) is 11.4 Å². The fourth-order valence-electron chi connectivity index (χ4n) is 1.37. The molecule has 2 aromatic rings. The Morgan fingerprint density at radius 1 is 1.38 bits per heavy atom. The van der Waals surface area contributed by atoms with Crippen LogP contribution in [-0.2, 0) is 0 Å². The van der Waals surface area contributed by atoms with Crippen molar-refractivity contribution in [3.63, 3.8) is 0 Å². The molecule has 0 radical (unpaired) electrons. The lowest BCUT2D eigenvalue weighted by atomic mass is 10.2. The largest absolute Gasteiger partial charge is 0.344 e. The number of para-hydroxylation sites is 1. The minimum atomic E-state index is -0.488. The Kier molecular flexibility index (Phi) is 2.47. The summed E-state index contributed by atoms with van der Waals surface area (Å²) in [6, 6.07) is 6.21. The van der Waals surface area contributed by atoms with E-state index in [0.717, 1.165) is 0 Å². The fourth-order valence-corrected chi connectivity index (χ4v) is 1.37. The molecule has 80 valence electrons. The number of rotatable bonds is 3. The van der Waals surface area contributed by atoms with E-state index in [1.54, 1.807) is 18.2 Å². The molecule has 16 heavy (non-hydrogen) atoms. The van der Waals surface area contributed by atoms with Gasteiger partial charge in [-0.15, -0.1) is 0 Å². The lowest BCUT2D eigenvalue weighted by Gasteiger charge is -1.97. The second-order valence-corrected chi connectivity index (χ2v) is 3.07. The number of nitro benzene ring substituents is 1. The normalized spacial score (nSPS) is 10.0.